The number of benzene rings is 1. The molecule has 24 heavy (non-hydrogen) atoms. The van der Waals surface area contributed by atoms with Gasteiger partial charge < -0.3 is 14.2 Å². The first-order valence-corrected chi connectivity index (χ1v) is 8.57. The van der Waals surface area contributed by atoms with Crippen LogP contribution in [0.3, 0.4) is 0 Å². The van der Waals surface area contributed by atoms with Crippen LogP contribution in [0.5, 0.6) is 5.75 Å². The number of hydrogen-bond acceptors (Lipinski definition) is 4. The molecule has 0 aliphatic heterocycles. The summed E-state index contributed by atoms with van der Waals surface area (Å²) in [5.74, 6) is 0.734. The van der Waals surface area contributed by atoms with E-state index in [9.17, 15) is 4.79 Å². The van der Waals surface area contributed by atoms with Gasteiger partial charge in [0.25, 0.3) is 0 Å². The number of rotatable bonds is 6. The van der Waals surface area contributed by atoms with E-state index < -0.39 is 11.8 Å². The third kappa shape index (κ3) is 4.17. The van der Waals surface area contributed by atoms with E-state index in [4.69, 9.17) is 37.4 Å². The number of halogens is 2. The Hall–Kier alpha value is -1.39. The minimum Gasteiger partial charge on any atom is -0.493 e. The molecule has 0 radical (unpaired) electrons. The molecule has 0 heterocycles. The molecule has 0 aromatic heterocycles. The third-order valence-corrected chi connectivity index (χ3v) is 4.48. The lowest BCUT2D eigenvalue weighted by Crippen LogP contribution is -2.23. The average molecular weight is 373 g/mol. The lowest BCUT2D eigenvalue weighted by molar-refractivity contribution is 0.0127. The monoisotopic (exact) mass is 372 g/mol. The highest BCUT2D eigenvalue weighted by Gasteiger charge is 2.64. The van der Waals surface area contributed by atoms with Gasteiger partial charge in [-0.2, -0.15) is 0 Å². The van der Waals surface area contributed by atoms with Gasteiger partial charge in [0.1, 0.15) is 22.4 Å². The molecule has 1 unspecified atom stereocenters. The van der Waals surface area contributed by atoms with Gasteiger partial charge in [0, 0.05) is 17.4 Å². The molecule has 1 atom stereocenters. The van der Waals surface area contributed by atoms with E-state index in [-0.39, 0.29) is 16.5 Å². The van der Waals surface area contributed by atoms with Crippen LogP contribution in [0.2, 0.25) is 0 Å². The summed E-state index contributed by atoms with van der Waals surface area (Å²) in [7, 11) is 0. The van der Waals surface area contributed by atoms with Crippen LogP contribution < -0.4 is 4.74 Å². The van der Waals surface area contributed by atoms with Crippen molar-refractivity contribution in [1.29, 1.82) is 0 Å². The Bertz CT molecular complexity index is 650. The first-order chi connectivity index (χ1) is 11.2. The highest BCUT2D eigenvalue weighted by atomic mass is 35.5. The highest BCUT2D eigenvalue weighted by Crippen LogP contribution is 2.60. The van der Waals surface area contributed by atoms with E-state index in [1.807, 2.05) is 45.9 Å². The van der Waals surface area contributed by atoms with E-state index >= 15 is 0 Å². The molecule has 0 amide bonds. The molecule has 1 fully saturated rings. The first kappa shape index (κ1) is 18.9. The summed E-state index contributed by atoms with van der Waals surface area (Å²) in [6, 6.07) is 5.70. The molecule has 1 aromatic rings. The Morgan fingerprint density at radius 2 is 2.00 bits per heavy atom. The molecule has 1 aromatic carbocycles. The van der Waals surface area contributed by atoms with Crippen LogP contribution in [-0.4, -0.2) is 18.4 Å². The van der Waals surface area contributed by atoms with Crippen LogP contribution in [-0.2, 0) is 16.1 Å². The average Bonchev–Trinajstić information content (AvgIpc) is 2.98. The van der Waals surface area contributed by atoms with Crippen LogP contribution in [0.4, 0.5) is 4.79 Å². The number of hydrogen-bond donors (Lipinski definition) is 0. The largest absolute Gasteiger partial charge is 0.509 e. The van der Waals surface area contributed by atoms with E-state index in [1.165, 1.54) is 0 Å². The number of para-hydroxylation sites is 1. The molecular weight excluding hydrogens is 351 g/mol. The van der Waals surface area contributed by atoms with Crippen LogP contribution in [0, 0.1) is 12.3 Å². The standard InChI is InChI=1S/C18H22Cl2O4/c1-5-22-15-12(2)7-6-8-13(15)10-23-16(21)24-18(9-14(19)20)11-17(18,3)4/h6-9H,5,10-11H2,1-4H3. The van der Waals surface area contributed by atoms with Crippen molar-refractivity contribution in [3.05, 3.63) is 39.9 Å². The van der Waals surface area contributed by atoms with Gasteiger partial charge in [-0.05, 0) is 25.5 Å². The van der Waals surface area contributed by atoms with E-state index in [0.717, 1.165) is 16.9 Å². The van der Waals surface area contributed by atoms with E-state index in [1.54, 1.807) is 6.08 Å². The molecule has 132 valence electrons. The minimum atomic E-state index is -0.807. The van der Waals surface area contributed by atoms with Crippen molar-refractivity contribution in [1.82, 2.24) is 0 Å². The van der Waals surface area contributed by atoms with Crippen molar-refractivity contribution in [2.45, 2.75) is 46.3 Å². The van der Waals surface area contributed by atoms with Crippen molar-refractivity contribution in [3.8, 4) is 5.75 Å². The zero-order chi connectivity index (χ0) is 18.0. The zero-order valence-corrected chi connectivity index (χ0v) is 15.8. The van der Waals surface area contributed by atoms with Crippen molar-refractivity contribution in [3.63, 3.8) is 0 Å². The van der Waals surface area contributed by atoms with Gasteiger partial charge in [-0.25, -0.2) is 4.79 Å². The summed E-state index contributed by atoms with van der Waals surface area (Å²) < 4.78 is 16.4. The summed E-state index contributed by atoms with van der Waals surface area (Å²) in [5, 5.41) is 0. The number of carbonyl (C=O) groups excluding carboxylic acids is 1. The van der Waals surface area contributed by atoms with Crippen LogP contribution >= 0.6 is 23.2 Å². The minimum absolute atomic E-state index is 0.0741. The van der Waals surface area contributed by atoms with E-state index in [2.05, 4.69) is 0 Å². The molecule has 0 saturated heterocycles. The Morgan fingerprint density at radius 1 is 1.33 bits per heavy atom. The highest BCUT2D eigenvalue weighted by molar-refractivity contribution is 6.55. The van der Waals surface area contributed by atoms with Gasteiger partial charge in [-0.15, -0.1) is 0 Å². The summed E-state index contributed by atoms with van der Waals surface area (Å²) in [4.78, 5) is 12.1. The summed E-state index contributed by atoms with van der Waals surface area (Å²) in [6.45, 7) is 8.42. The maximum atomic E-state index is 12.1. The van der Waals surface area contributed by atoms with Gasteiger partial charge in [-0.3, -0.25) is 0 Å². The fourth-order valence-electron chi connectivity index (χ4n) is 2.73. The van der Waals surface area contributed by atoms with Crippen molar-refractivity contribution in [2.75, 3.05) is 6.61 Å². The van der Waals surface area contributed by atoms with Gasteiger partial charge >= 0.3 is 6.16 Å². The SMILES string of the molecule is CCOc1c(C)cccc1COC(=O)OC1(C=C(Cl)Cl)CC1(C)C. The van der Waals surface area contributed by atoms with Crippen LogP contribution in [0.15, 0.2) is 28.8 Å². The number of carbonyl (C=O) groups is 1. The summed E-state index contributed by atoms with van der Waals surface area (Å²) in [5.41, 5.74) is 0.755. The van der Waals surface area contributed by atoms with Crippen molar-refractivity contribution >= 4 is 29.4 Å². The molecule has 0 spiro atoms. The lowest BCUT2D eigenvalue weighted by atomic mass is 10.1. The quantitative estimate of drug-likeness (QED) is 0.615. The van der Waals surface area contributed by atoms with Crippen molar-refractivity contribution in [2.24, 2.45) is 5.41 Å². The smallest absolute Gasteiger partial charge is 0.493 e. The predicted molar refractivity (Wildman–Crippen MR) is 94.5 cm³/mol. The fourth-order valence-corrected chi connectivity index (χ4v) is 3.08. The Labute approximate surface area is 152 Å². The molecule has 4 nitrogen and oxygen atoms in total. The zero-order valence-electron chi connectivity index (χ0n) is 14.3. The van der Waals surface area contributed by atoms with Crippen LogP contribution in [0.25, 0.3) is 0 Å². The number of ether oxygens (including phenoxy) is 3. The van der Waals surface area contributed by atoms with Crippen molar-refractivity contribution < 1.29 is 19.0 Å². The van der Waals surface area contributed by atoms with Gasteiger partial charge in [0.15, 0.2) is 0 Å². The fraction of sp³-hybridized carbons (Fsp3) is 0.500. The maximum Gasteiger partial charge on any atom is 0.509 e. The predicted octanol–water partition coefficient (Wildman–Crippen LogP) is 5.53. The second-order valence-corrected chi connectivity index (χ2v) is 7.53. The van der Waals surface area contributed by atoms with E-state index in [0.29, 0.717) is 13.0 Å². The van der Waals surface area contributed by atoms with Gasteiger partial charge in [-0.1, -0.05) is 55.2 Å². The molecule has 1 saturated carbocycles. The van der Waals surface area contributed by atoms with Crippen LogP contribution in [0.1, 0.15) is 38.3 Å². The van der Waals surface area contributed by atoms with Gasteiger partial charge in [0.05, 0.1) is 6.61 Å². The Kier molecular flexibility index (Phi) is 5.71. The number of aryl methyl sites for hydroxylation is 1. The molecule has 0 bridgehead atoms. The van der Waals surface area contributed by atoms with Gasteiger partial charge in [0.2, 0.25) is 0 Å². The molecular formula is C18H22Cl2O4. The third-order valence-electron chi connectivity index (χ3n) is 4.26. The molecule has 1 aliphatic carbocycles. The summed E-state index contributed by atoms with van der Waals surface area (Å²) in [6.07, 6.45) is 1.44. The Morgan fingerprint density at radius 3 is 2.54 bits per heavy atom. The summed E-state index contributed by atoms with van der Waals surface area (Å²) >= 11 is 11.5. The molecule has 0 N–H and O–H groups in total. The Balaban J connectivity index is 2.02. The normalized spacial score (nSPS) is 20.9. The molecule has 2 rings (SSSR count). The second kappa shape index (κ2) is 7.24. The topological polar surface area (TPSA) is 44.8 Å². The molecule has 6 heteroatoms. The molecule has 1 aliphatic rings. The lowest BCUT2D eigenvalue weighted by Gasteiger charge is -2.18. The second-order valence-electron chi connectivity index (χ2n) is 6.52. The first-order valence-electron chi connectivity index (χ1n) is 7.82. The maximum absolute atomic E-state index is 12.1.